The molecule has 0 aliphatic carbocycles. The average Bonchev–Trinajstić information content (AvgIpc) is 2.69. The molecule has 0 N–H and O–H groups in total. The minimum Gasteiger partial charge on any atom is -0.388 e. The summed E-state index contributed by atoms with van der Waals surface area (Å²) in [5.41, 5.74) is 0.804. The average molecular weight is 216 g/mol. The van der Waals surface area contributed by atoms with E-state index in [1.807, 2.05) is 49.4 Å². The van der Waals surface area contributed by atoms with E-state index < -0.39 is 5.76 Å². The zero-order valence-corrected chi connectivity index (χ0v) is 8.96. The van der Waals surface area contributed by atoms with Crippen LogP contribution in [0.2, 0.25) is 0 Å². The van der Waals surface area contributed by atoms with Gasteiger partial charge in [-0.2, -0.15) is 4.68 Å². The molecule has 16 heavy (non-hydrogen) atoms. The predicted molar refractivity (Wildman–Crippen MR) is 61.0 cm³/mol. The molecule has 2 rings (SSSR count). The van der Waals surface area contributed by atoms with Gasteiger partial charge in [-0.3, -0.25) is 0 Å². The van der Waals surface area contributed by atoms with E-state index in [9.17, 15) is 4.79 Å². The second kappa shape index (κ2) is 4.61. The van der Waals surface area contributed by atoms with Crippen molar-refractivity contribution in [3.63, 3.8) is 0 Å². The first-order valence-corrected chi connectivity index (χ1v) is 5.06. The fourth-order valence-corrected chi connectivity index (χ4v) is 1.32. The number of rotatable bonds is 3. The van der Waals surface area contributed by atoms with Crippen molar-refractivity contribution in [1.29, 1.82) is 0 Å². The van der Waals surface area contributed by atoms with Crippen LogP contribution in [0.5, 0.6) is 0 Å². The van der Waals surface area contributed by atoms with Gasteiger partial charge in [-0.25, -0.2) is 4.79 Å². The van der Waals surface area contributed by atoms with Crippen molar-refractivity contribution in [2.45, 2.75) is 13.5 Å². The van der Waals surface area contributed by atoms with E-state index in [2.05, 4.69) is 5.10 Å². The van der Waals surface area contributed by atoms with Crippen LogP contribution in [0.15, 0.2) is 51.7 Å². The van der Waals surface area contributed by atoms with Crippen LogP contribution in [0.3, 0.4) is 0 Å². The molecule has 0 radical (unpaired) electrons. The molecule has 82 valence electrons. The summed E-state index contributed by atoms with van der Waals surface area (Å²) >= 11 is 0. The van der Waals surface area contributed by atoms with Gasteiger partial charge < -0.3 is 4.42 Å². The molecule has 0 aliphatic heterocycles. The van der Waals surface area contributed by atoms with Crippen LogP contribution in [-0.2, 0) is 6.54 Å². The summed E-state index contributed by atoms with van der Waals surface area (Å²) in [6.45, 7) is 2.33. The van der Waals surface area contributed by atoms with Gasteiger partial charge in [0.2, 0.25) is 5.89 Å². The van der Waals surface area contributed by atoms with Crippen LogP contribution < -0.4 is 5.76 Å². The van der Waals surface area contributed by atoms with Gasteiger partial charge >= 0.3 is 5.76 Å². The molecule has 2 aromatic rings. The highest BCUT2D eigenvalue weighted by Crippen LogP contribution is 2.13. The molecule has 1 aromatic heterocycles. The van der Waals surface area contributed by atoms with Gasteiger partial charge in [0.1, 0.15) is 0 Å². The summed E-state index contributed by atoms with van der Waals surface area (Å²) < 4.78 is 6.35. The third kappa shape index (κ3) is 2.11. The lowest BCUT2D eigenvalue weighted by atomic mass is 10.2. The Bertz CT molecular complexity index is 538. The lowest BCUT2D eigenvalue weighted by Crippen LogP contribution is -2.14. The maximum Gasteiger partial charge on any atom is 0.437 e. The molecule has 0 saturated heterocycles. The zero-order chi connectivity index (χ0) is 11.4. The van der Waals surface area contributed by atoms with E-state index in [0.717, 1.165) is 5.56 Å². The predicted octanol–water partition coefficient (Wildman–Crippen LogP) is 2.08. The lowest BCUT2D eigenvalue weighted by molar-refractivity contribution is 0.497. The van der Waals surface area contributed by atoms with E-state index in [0.29, 0.717) is 12.4 Å². The third-order valence-electron chi connectivity index (χ3n) is 2.14. The van der Waals surface area contributed by atoms with Crippen molar-refractivity contribution in [2.24, 2.45) is 0 Å². The molecule has 0 spiro atoms. The Morgan fingerprint density at radius 2 is 2.12 bits per heavy atom. The van der Waals surface area contributed by atoms with Gasteiger partial charge in [-0.05, 0) is 19.1 Å². The van der Waals surface area contributed by atoms with Crippen LogP contribution in [0.4, 0.5) is 0 Å². The number of hydrogen-bond acceptors (Lipinski definition) is 3. The molecule has 0 bridgehead atoms. The van der Waals surface area contributed by atoms with E-state index in [-0.39, 0.29) is 0 Å². The fraction of sp³-hybridized carbons (Fsp3) is 0.167. The van der Waals surface area contributed by atoms with E-state index in [1.165, 1.54) is 4.68 Å². The summed E-state index contributed by atoms with van der Waals surface area (Å²) in [5.74, 6) is -0.0768. The second-order valence-corrected chi connectivity index (χ2v) is 3.29. The zero-order valence-electron chi connectivity index (χ0n) is 8.96. The minimum absolute atomic E-state index is 0.357. The van der Waals surface area contributed by atoms with Crippen LogP contribution in [0.1, 0.15) is 6.92 Å². The minimum atomic E-state index is -0.433. The van der Waals surface area contributed by atoms with Gasteiger partial charge in [0.05, 0.1) is 6.54 Å². The molecular formula is C12H12N2O2. The second-order valence-electron chi connectivity index (χ2n) is 3.29. The highest BCUT2D eigenvalue weighted by molar-refractivity contribution is 5.51. The topological polar surface area (TPSA) is 48.0 Å². The van der Waals surface area contributed by atoms with Crippen molar-refractivity contribution < 1.29 is 4.42 Å². The maximum atomic E-state index is 11.4. The van der Waals surface area contributed by atoms with Gasteiger partial charge in [-0.1, -0.05) is 30.4 Å². The number of aromatic nitrogens is 2. The normalized spacial score (nSPS) is 11.1. The quantitative estimate of drug-likeness (QED) is 0.738. The first kappa shape index (κ1) is 10.4. The summed E-state index contributed by atoms with van der Waals surface area (Å²) in [6, 6.07) is 9.36. The van der Waals surface area contributed by atoms with Crippen molar-refractivity contribution in [2.75, 3.05) is 0 Å². The van der Waals surface area contributed by atoms with Crippen molar-refractivity contribution >= 4 is 0 Å². The van der Waals surface area contributed by atoms with E-state index >= 15 is 0 Å². The largest absolute Gasteiger partial charge is 0.437 e. The molecule has 1 aromatic carbocycles. The number of allylic oxidation sites excluding steroid dienone is 2. The monoisotopic (exact) mass is 216 g/mol. The molecule has 4 nitrogen and oxygen atoms in total. The summed E-state index contributed by atoms with van der Waals surface area (Å²) in [5, 5.41) is 4.10. The van der Waals surface area contributed by atoms with E-state index in [1.54, 1.807) is 0 Å². The van der Waals surface area contributed by atoms with Crippen LogP contribution in [-0.4, -0.2) is 9.78 Å². The van der Waals surface area contributed by atoms with Gasteiger partial charge in [0, 0.05) is 5.56 Å². The molecule has 4 heteroatoms. The molecule has 0 amide bonds. The summed E-state index contributed by atoms with van der Waals surface area (Å²) in [7, 11) is 0. The molecular weight excluding hydrogens is 204 g/mol. The Morgan fingerprint density at radius 3 is 2.81 bits per heavy atom. The van der Waals surface area contributed by atoms with Gasteiger partial charge in [-0.15, -0.1) is 5.10 Å². The van der Waals surface area contributed by atoms with Crippen LogP contribution in [0.25, 0.3) is 11.5 Å². The first-order chi connectivity index (χ1) is 7.81. The Morgan fingerprint density at radius 1 is 1.38 bits per heavy atom. The standard InChI is InChI=1S/C12H12N2O2/c1-2-3-9-14-12(15)16-11(13-14)10-7-5-4-6-8-10/h2-8H,9H2,1H3/b3-2+. The van der Waals surface area contributed by atoms with Gasteiger partial charge in [0.15, 0.2) is 0 Å². The molecule has 0 unspecified atom stereocenters. The van der Waals surface area contributed by atoms with E-state index in [4.69, 9.17) is 4.42 Å². The number of nitrogens with zero attached hydrogens (tertiary/aromatic N) is 2. The Hall–Kier alpha value is -2.10. The SMILES string of the molecule is C/C=C/Cn1nc(-c2ccccc2)oc1=O. The highest BCUT2D eigenvalue weighted by atomic mass is 16.4. The van der Waals surface area contributed by atoms with Crippen molar-refractivity contribution in [3.05, 3.63) is 53.0 Å². The summed E-state index contributed by atoms with van der Waals surface area (Å²) in [6.07, 6.45) is 3.71. The fourth-order valence-electron chi connectivity index (χ4n) is 1.32. The third-order valence-corrected chi connectivity index (χ3v) is 2.14. The van der Waals surface area contributed by atoms with Crippen LogP contribution >= 0.6 is 0 Å². The first-order valence-electron chi connectivity index (χ1n) is 5.06. The highest BCUT2D eigenvalue weighted by Gasteiger charge is 2.07. The van der Waals surface area contributed by atoms with Crippen molar-refractivity contribution in [1.82, 2.24) is 9.78 Å². The van der Waals surface area contributed by atoms with Gasteiger partial charge in [0.25, 0.3) is 0 Å². The molecule has 0 atom stereocenters. The molecule has 1 heterocycles. The molecule has 0 fully saturated rings. The molecule has 0 saturated carbocycles. The Kier molecular flexibility index (Phi) is 3.00. The van der Waals surface area contributed by atoms with Crippen molar-refractivity contribution in [3.8, 4) is 11.5 Å². The van der Waals surface area contributed by atoms with Crippen LogP contribution in [0, 0.1) is 0 Å². The number of hydrogen-bond donors (Lipinski definition) is 0. The molecule has 0 aliphatic rings. The Balaban J connectivity index is 2.35. The lowest BCUT2D eigenvalue weighted by Gasteiger charge is -1.91. The number of benzene rings is 1. The Labute approximate surface area is 92.8 Å². The maximum absolute atomic E-state index is 11.4. The smallest absolute Gasteiger partial charge is 0.388 e. The summed E-state index contributed by atoms with van der Waals surface area (Å²) in [4.78, 5) is 11.4.